The van der Waals surface area contributed by atoms with E-state index < -0.39 is 0 Å². The molecule has 0 N–H and O–H groups in total. The quantitative estimate of drug-likeness (QED) is 0.690. The lowest BCUT2D eigenvalue weighted by molar-refractivity contribution is -0.131. The number of urea groups is 1. The lowest BCUT2D eigenvalue weighted by Crippen LogP contribution is -2.51. The van der Waals surface area contributed by atoms with E-state index >= 15 is 0 Å². The highest BCUT2D eigenvalue weighted by atomic mass is 35.5. The highest BCUT2D eigenvalue weighted by molar-refractivity contribution is 6.30. The van der Waals surface area contributed by atoms with Crippen molar-refractivity contribution in [3.05, 3.63) is 59.1 Å². The Bertz CT molecular complexity index is 929. The molecule has 0 atom stereocenters. The van der Waals surface area contributed by atoms with E-state index in [2.05, 4.69) is 4.90 Å². The molecule has 4 rings (SSSR count). The summed E-state index contributed by atoms with van der Waals surface area (Å²) in [7, 11) is 1.65. The Hall–Kier alpha value is -2.93. The fraction of sp³-hybridized carbons (Fsp3) is 0.391. The molecule has 31 heavy (non-hydrogen) atoms. The average molecular weight is 443 g/mol. The molecule has 0 aliphatic carbocycles. The minimum atomic E-state index is -0.0924. The number of amides is 3. The van der Waals surface area contributed by atoms with Gasteiger partial charge in [-0.15, -0.1) is 0 Å². The zero-order chi connectivity index (χ0) is 21.8. The molecule has 2 aromatic carbocycles. The minimum absolute atomic E-state index is 0.00679. The monoisotopic (exact) mass is 442 g/mol. The molecule has 0 spiro atoms. The zero-order valence-corrected chi connectivity index (χ0v) is 18.4. The number of methoxy groups -OCH3 is 1. The first-order valence-corrected chi connectivity index (χ1v) is 10.9. The van der Waals surface area contributed by atoms with E-state index in [0.717, 1.165) is 30.1 Å². The Morgan fingerprint density at radius 2 is 1.68 bits per heavy atom. The molecule has 8 heteroatoms. The smallest absolute Gasteiger partial charge is 0.320 e. The molecule has 2 aliphatic heterocycles. The number of carbonyl (C=O) groups excluding carboxylic acids is 2. The van der Waals surface area contributed by atoms with Crippen LogP contribution in [0.5, 0.6) is 5.75 Å². The fourth-order valence-electron chi connectivity index (χ4n) is 4.05. The van der Waals surface area contributed by atoms with Crippen LogP contribution >= 0.6 is 11.6 Å². The van der Waals surface area contributed by atoms with E-state index in [-0.39, 0.29) is 18.5 Å². The first kappa shape index (κ1) is 21.3. The van der Waals surface area contributed by atoms with Crippen LogP contribution in [0, 0.1) is 0 Å². The largest absolute Gasteiger partial charge is 0.497 e. The van der Waals surface area contributed by atoms with Crippen molar-refractivity contribution >= 4 is 29.2 Å². The molecule has 0 unspecified atom stereocenters. The van der Waals surface area contributed by atoms with Gasteiger partial charge in [0, 0.05) is 56.5 Å². The van der Waals surface area contributed by atoms with Gasteiger partial charge < -0.3 is 24.3 Å². The second-order valence-electron chi connectivity index (χ2n) is 7.82. The normalized spacial score (nSPS) is 16.8. The summed E-state index contributed by atoms with van der Waals surface area (Å²) in [5.74, 6) is 0.838. The van der Waals surface area contributed by atoms with Gasteiger partial charge in [0.1, 0.15) is 12.3 Å². The van der Waals surface area contributed by atoms with E-state index in [1.54, 1.807) is 16.9 Å². The summed E-state index contributed by atoms with van der Waals surface area (Å²) in [6.45, 7) is 4.66. The summed E-state index contributed by atoms with van der Waals surface area (Å²) in [4.78, 5) is 33.1. The van der Waals surface area contributed by atoms with Crippen molar-refractivity contribution in [2.45, 2.75) is 6.54 Å². The van der Waals surface area contributed by atoms with Gasteiger partial charge in [0.25, 0.3) is 0 Å². The topological polar surface area (TPSA) is 56.3 Å². The maximum Gasteiger partial charge on any atom is 0.320 e. The minimum Gasteiger partial charge on any atom is -0.497 e. The summed E-state index contributed by atoms with van der Waals surface area (Å²) in [6.07, 6.45) is 0. The van der Waals surface area contributed by atoms with E-state index in [4.69, 9.17) is 16.3 Å². The number of halogens is 1. The van der Waals surface area contributed by atoms with Crippen molar-refractivity contribution in [2.75, 3.05) is 57.8 Å². The summed E-state index contributed by atoms with van der Waals surface area (Å²) in [6, 6.07) is 15.4. The number of hydrogen-bond acceptors (Lipinski definition) is 4. The van der Waals surface area contributed by atoms with Crippen molar-refractivity contribution in [1.82, 2.24) is 14.7 Å². The van der Waals surface area contributed by atoms with Gasteiger partial charge in [0.05, 0.1) is 7.11 Å². The molecule has 2 saturated heterocycles. The van der Waals surface area contributed by atoms with Crippen LogP contribution < -0.4 is 9.64 Å². The fourth-order valence-corrected chi connectivity index (χ4v) is 4.27. The lowest BCUT2D eigenvalue weighted by Gasteiger charge is -2.36. The van der Waals surface area contributed by atoms with Crippen molar-refractivity contribution in [2.24, 2.45) is 0 Å². The first-order valence-electron chi connectivity index (χ1n) is 10.5. The van der Waals surface area contributed by atoms with Crippen molar-refractivity contribution < 1.29 is 14.3 Å². The second kappa shape index (κ2) is 9.47. The van der Waals surface area contributed by atoms with Crippen LogP contribution in [0.15, 0.2) is 48.5 Å². The molecule has 0 radical (unpaired) electrons. The standard InChI is InChI=1S/C23H27ClN4O3/c1-31-21-7-5-20(6-8-21)25-9-11-26(12-10-25)22(29)17-28-14-13-27(23(28)30)16-18-3-2-4-19(24)15-18/h2-8,15H,9-14,16-17H2,1H3. The van der Waals surface area contributed by atoms with E-state index in [0.29, 0.717) is 37.7 Å². The molecule has 7 nitrogen and oxygen atoms in total. The molecule has 2 aliphatic rings. The SMILES string of the molecule is COc1ccc(N2CCN(C(=O)CN3CCN(Cc4cccc(Cl)c4)C3=O)CC2)cc1. The Kier molecular flexibility index (Phi) is 6.51. The van der Waals surface area contributed by atoms with Gasteiger partial charge in [0.2, 0.25) is 5.91 Å². The number of nitrogens with zero attached hydrogens (tertiary/aromatic N) is 4. The molecule has 2 heterocycles. The van der Waals surface area contributed by atoms with Crippen LogP contribution in [0.25, 0.3) is 0 Å². The number of anilines is 1. The summed E-state index contributed by atoms with van der Waals surface area (Å²) in [5, 5.41) is 0.657. The molecule has 0 bridgehead atoms. The van der Waals surface area contributed by atoms with E-state index in [9.17, 15) is 9.59 Å². The van der Waals surface area contributed by atoms with E-state index in [1.165, 1.54) is 0 Å². The van der Waals surface area contributed by atoms with Gasteiger partial charge >= 0.3 is 6.03 Å². The van der Waals surface area contributed by atoms with Crippen LogP contribution in [0.1, 0.15) is 5.56 Å². The van der Waals surface area contributed by atoms with Crippen LogP contribution in [0.2, 0.25) is 5.02 Å². The number of rotatable bonds is 6. The van der Waals surface area contributed by atoms with Crippen LogP contribution in [0.3, 0.4) is 0 Å². The second-order valence-corrected chi connectivity index (χ2v) is 8.26. The maximum absolute atomic E-state index is 12.8. The maximum atomic E-state index is 12.8. The Labute approximate surface area is 187 Å². The van der Waals surface area contributed by atoms with Gasteiger partial charge in [-0.05, 0) is 42.0 Å². The lowest BCUT2D eigenvalue weighted by atomic mass is 10.2. The molecule has 0 aromatic heterocycles. The number of carbonyl (C=O) groups is 2. The third-order valence-corrected chi connectivity index (χ3v) is 6.07. The zero-order valence-electron chi connectivity index (χ0n) is 17.7. The van der Waals surface area contributed by atoms with Gasteiger partial charge in [-0.25, -0.2) is 4.79 Å². The van der Waals surface area contributed by atoms with Gasteiger partial charge in [-0.2, -0.15) is 0 Å². The number of piperazine rings is 1. The third kappa shape index (κ3) is 5.05. The van der Waals surface area contributed by atoms with Crippen molar-refractivity contribution in [1.29, 1.82) is 0 Å². The predicted molar refractivity (Wildman–Crippen MR) is 121 cm³/mol. The first-order chi connectivity index (χ1) is 15.0. The molecule has 0 saturated carbocycles. The van der Waals surface area contributed by atoms with Crippen LogP contribution in [-0.2, 0) is 11.3 Å². The van der Waals surface area contributed by atoms with Gasteiger partial charge in [0.15, 0.2) is 0 Å². The molecule has 2 aromatic rings. The summed E-state index contributed by atoms with van der Waals surface area (Å²) >= 11 is 6.04. The average Bonchev–Trinajstić information content (AvgIpc) is 3.13. The molecular formula is C23H27ClN4O3. The Morgan fingerprint density at radius 3 is 2.35 bits per heavy atom. The molecular weight excluding hydrogens is 416 g/mol. The summed E-state index contributed by atoms with van der Waals surface area (Å²) < 4.78 is 5.21. The van der Waals surface area contributed by atoms with E-state index in [1.807, 2.05) is 53.4 Å². The summed E-state index contributed by atoms with van der Waals surface area (Å²) in [5.41, 5.74) is 2.11. The van der Waals surface area contributed by atoms with Gasteiger partial charge in [-0.3, -0.25) is 4.79 Å². The molecule has 2 fully saturated rings. The third-order valence-electron chi connectivity index (χ3n) is 5.84. The number of ether oxygens (including phenoxy) is 1. The number of hydrogen-bond donors (Lipinski definition) is 0. The van der Waals surface area contributed by atoms with Crippen molar-refractivity contribution in [3.8, 4) is 5.75 Å². The van der Waals surface area contributed by atoms with Crippen LogP contribution in [-0.4, -0.2) is 79.6 Å². The molecule has 3 amide bonds. The highest BCUT2D eigenvalue weighted by Crippen LogP contribution is 2.21. The predicted octanol–water partition coefficient (Wildman–Crippen LogP) is 2.94. The Morgan fingerprint density at radius 1 is 0.968 bits per heavy atom. The van der Waals surface area contributed by atoms with Crippen molar-refractivity contribution in [3.63, 3.8) is 0 Å². The highest BCUT2D eigenvalue weighted by Gasteiger charge is 2.31. The van der Waals surface area contributed by atoms with Gasteiger partial charge in [-0.1, -0.05) is 23.7 Å². The van der Waals surface area contributed by atoms with Crippen LogP contribution in [0.4, 0.5) is 10.5 Å². The molecule has 164 valence electrons. The number of benzene rings is 2. The Balaban J connectivity index is 1.26.